The first-order valence-electron chi connectivity index (χ1n) is 10.7. The summed E-state index contributed by atoms with van der Waals surface area (Å²) < 4.78 is 40.3. The highest BCUT2D eigenvalue weighted by molar-refractivity contribution is 7.80. The first-order chi connectivity index (χ1) is 16.8. The first-order valence-corrected chi connectivity index (χ1v) is 11.1. The fourth-order valence-electron chi connectivity index (χ4n) is 4.03. The van der Waals surface area contributed by atoms with Crippen molar-refractivity contribution < 1.29 is 23.0 Å². The zero-order valence-corrected chi connectivity index (χ0v) is 20.1. The number of ether oxygens (including phenoxy) is 2. The summed E-state index contributed by atoms with van der Waals surface area (Å²) in [6, 6.07) is 16.5. The molecule has 3 aromatic rings. The molecule has 0 radical (unpaired) electrons. The second-order valence-electron chi connectivity index (χ2n) is 7.71. The third-order valence-corrected chi connectivity index (χ3v) is 5.99. The minimum atomic E-state index is -1.17. The minimum Gasteiger partial charge on any atom is -0.497 e. The Labute approximate surface area is 207 Å². The van der Waals surface area contributed by atoms with Crippen molar-refractivity contribution in [2.45, 2.75) is 13.0 Å². The average molecular weight is 496 g/mol. The summed E-state index contributed by atoms with van der Waals surface area (Å²) in [4.78, 5) is 15.4. The van der Waals surface area contributed by atoms with Gasteiger partial charge in [0, 0.05) is 17.5 Å². The highest BCUT2D eigenvalue weighted by atomic mass is 32.1. The molecule has 180 valence electrons. The van der Waals surface area contributed by atoms with E-state index in [0.29, 0.717) is 28.6 Å². The third-order valence-electron chi connectivity index (χ3n) is 5.69. The smallest absolute Gasteiger partial charge is 0.255 e. The number of methoxy groups -OCH3 is 2. The lowest BCUT2D eigenvalue weighted by atomic mass is 9.93. The number of nitrogens with one attached hydrogen (secondary N) is 2. The fraction of sp³-hybridized carbons (Fsp3) is 0.154. The highest BCUT2D eigenvalue weighted by Gasteiger charge is 2.37. The molecular formula is C26H23F2N3O3S. The molecule has 0 aliphatic carbocycles. The van der Waals surface area contributed by atoms with Crippen LogP contribution in [0.1, 0.15) is 18.5 Å². The Hall–Kier alpha value is -3.98. The van der Waals surface area contributed by atoms with Gasteiger partial charge < -0.3 is 20.1 Å². The van der Waals surface area contributed by atoms with Crippen LogP contribution in [0.25, 0.3) is 0 Å². The molecule has 3 aromatic carbocycles. The molecule has 0 fully saturated rings. The Morgan fingerprint density at radius 2 is 1.69 bits per heavy atom. The molecule has 9 heteroatoms. The van der Waals surface area contributed by atoms with E-state index >= 15 is 0 Å². The number of para-hydroxylation sites is 1. The van der Waals surface area contributed by atoms with Gasteiger partial charge in [0.1, 0.15) is 23.1 Å². The van der Waals surface area contributed by atoms with Crippen molar-refractivity contribution in [3.8, 4) is 11.5 Å². The van der Waals surface area contributed by atoms with Crippen LogP contribution in [0.5, 0.6) is 11.5 Å². The number of nitrogens with zero attached hydrogens (tertiary/aromatic N) is 1. The third kappa shape index (κ3) is 4.67. The molecule has 4 rings (SSSR count). The molecule has 6 nitrogen and oxygen atoms in total. The number of thiocarbonyl (C=S) groups is 1. The van der Waals surface area contributed by atoms with Gasteiger partial charge in [-0.15, -0.1) is 0 Å². The maximum Gasteiger partial charge on any atom is 0.255 e. The average Bonchev–Trinajstić information content (AvgIpc) is 2.84. The van der Waals surface area contributed by atoms with E-state index in [0.717, 1.165) is 12.1 Å². The van der Waals surface area contributed by atoms with Crippen molar-refractivity contribution in [2.24, 2.45) is 0 Å². The number of amides is 1. The second kappa shape index (κ2) is 10.1. The summed E-state index contributed by atoms with van der Waals surface area (Å²) in [6.45, 7) is 1.68. The van der Waals surface area contributed by atoms with E-state index in [-0.39, 0.29) is 16.2 Å². The van der Waals surface area contributed by atoms with Crippen molar-refractivity contribution in [2.75, 3.05) is 24.4 Å². The highest BCUT2D eigenvalue weighted by Crippen LogP contribution is 2.37. The Morgan fingerprint density at radius 3 is 2.31 bits per heavy atom. The van der Waals surface area contributed by atoms with Gasteiger partial charge in [-0.3, -0.25) is 9.69 Å². The number of benzene rings is 3. The normalized spacial score (nSPS) is 15.5. The van der Waals surface area contributed by atoms with Crippen molar-refractivity contribution in [3.05, 3.63) is 95.2 Å². The van der Waals surface area contributed by atoms with Crippen LogP contribution in [0, 0.1) is 11.6 Å². The zero-order chi connectivity index (χ0) is 25.1. The van der Waals surface area contributed by atoms with Crippen LogP contribution in [-0.2, 0) is 4.79 Å². The van der Waals surface area contributed by atoms with E-state index in [1.54, 1.807) is 30.0 Å². The van der Waals surface area contributed by atoms with Gasteiger partial charge in [-0.05, 0) is 55.5 Å². The number of anilines is 2. The number of allylic oxidation sites excluding steroid dienone is 1. The van der Waals surface area contributed by atoms with Crippen LogP contribution in [0.3, 0.4) is 0 Å². The van der Waals surface area contributed by atoms with Crippen LogP contribution >= 0.6 is 12.2 Å². The Bertz CT molecular complexity index is 1290. The van der Waals surface area contributed by atoms with Crippen LogP contribution in [-0.4, -0.2) is 25.2 Å². The zero-order valence-electron chi connectivity index (χ0n) is 19.3. The van der Waals surface area contributed by atoms with Gasteiger partial charge in [-0.2, -0.15) is 0 Å². The van der Waals surface area contributed by atoms with E-state index < -0.39 is 23.6 Å². The molecule has 1 heterocycles. The topological polar surface area (TPSA) is 62.8 Å². The van der Waals surface area contributed by atoms with Crippen LogP contribution in [0.4, 0.5) is 20.2 Å². The monoisotopic (exact) mass is 495 g/mol. The Morgan fingerprint density at radius 1 is 1.00 bits per heavy atom. The van der Waals surface area contributed by atoms with Crippen molar-refractivity contribution >= 4 is 34.6 Å². The van der Waals surface area contributed by atoms with E-state index in [1.165, 1.54) is 20.3 Å². The van der Waals surface area contributed by atoms with Gasteiger partial charge >= 0.3 is 0 Å². The maximum atomic E-state index is 14.9. The molecule has 1 atom stereocenters. The molecule has 0 saturated carbocycles. The second-order valence-corrected chi connectivity index (χ2v) is 8.09. The molecule has 35 heavy (non-hydrogen) atoms. The van der Waals surface area contributed by atoms with Gasteiger partial charge in [0.25, 0.3) is 5.91 Å². The standard InChI is InChI=1S/C26H23F2N3O3S/c1-15-22(25(32)29-20-14-17(33-2)12-13-21(20)34-3)24(23-18(27)10-7-11-19(23)28)30-26(35)31(15)16-8-5-4-6-9-16/h4-14,24H,1-3H3,(H,29,32)(H,30,35). The number of carbonyl (C=O) groups is 1. The number of carbonyl (C=O) groups excluding carboxylic acids is 1. The molecule has 1 aliphatic heterocycles. The van der Waals surface area contributed by atoms with Crippen LogP contribution < -0.4 is 25.0 Å². The Kier molecular flexibility index (Phi) is 6.97. The lowest BCUT2D eigenvalue weighted by Crippen LogP contribution is -2.49. The van der Waals surface area contributed by atoms with Gasteiger partial charge in [0.2, 0.25) is 0 Å². The summed E-state index contributed by atoms with van der Waals surface area (Å²) in [7, 11) is 2.97. The summed E-state index contributed by atoms with van der Waals surface area (Å²) in [5, 5.41) is 5.97. The minimum absolute atomic E-state index is 0.0938. The van der Waals surface area contributed by atoms with Crippen LogP contribution in [0.15, 0.2) is 78.0 Å². The predicted octanol–water partition coefficient (Wildman–Crippen LogP) is 5.33. The fourth-order valence-corrected chi connectivity index (χ4v) is 4.39. The van der Waals surface area contributed by atoms with Gasteiger partial charge in [-0.1, -0.05) is 24.3 Å². The van der Waals surface area contributed by atoms with Gasteiger partial charge in [0.15, 0.2) is 5.11 Å². The molecule has 1 aliphatic rings. The van der Waals surface area contributed by atoms with Gasteiger partial charge in [0.05, 0.1) is 37.1 Å². The molecule has 2 N–H and O–H groups in total. The molecule has 0 saturated heterocycles. The van der Waals surface area contributed by atoms with Crippen molar-refractivity contribution in [3.63, 3.8) is 0 Å². The number of halogens is 2. The number of hydrogen-bond acceptors (Lipinski definition) is 4. The Balaban J connectivity index is 1.86. The van der Waals surface area contributed by atoms with Crippen molar-refractivity contribution in [1.82, 2.24) is 5.32 Å². The summed E-state index contributed by atoms with van der Waals surface area (Å²) in [5.74, 6) is -1.29. The van der Waals surface area contributed by atoms with Crippen LogP contribution in [0.2, 0.25) is 0 Å². The molecule has 1 amide bonds. The van der Waals surface area contributed by atoms with E-state index in [4.69, 9.17) is 21.7 Å². The maximum absolute atomic E-state index is 14.9. The first kappa shape index (κ1) is 24.2. The van der Waals surface area contributed by atoms with E-state index in [9.17, 15) is 13.6 Å². The number of rotatable bonds is 6. The molecule has 0 spiro atoms. The van der Waals surface area contributed by atoms with E-state index in [1.807, 2.05) is 30.3 Å². The lowest BCUT2D eigenvalue weighted by Gasteiger charge is -2.38. The molecular weight excluding hydrogens is 472 g/mol. The van der Waals surface area contributed by atoms with Gasteiger partial charge in [-0.25, -0.2) is 8.78 Å². The number of hydrogen-bond donors (Lipinski definition) is 2. The molecule has 1 unspecified atom stereocenters. The molecule has 0 bridgehead atoms. The van der Waals surface area contributed by atoms with Crippen molar-refractivity contribution in [1.29, 1.82) is 0 Å². The summed E-state index contributed by atoms with van der Waals surface area (Å²) in [6.07, 6.45) is 0. The lowest BCUT2D eigenvalue weighted by molar-refractivity contribution is -0.113. The summed E-state index contributed by atoms with van der Waals surface area (Å²) >= 11 is 5.56. The SMILES string of the molecule is COc1ccc(OC)c(NC(=O)C2=C(C)N(c3ccccc3)C(=S)NC2c2c(F)cccc2F)c1. The predicted molar refractivity (Wildman–Crippen MR) is 135 cm³/mol. The quantitative estimate of drug-likeness (QED) is 0.451. The largest absolute Gasteiger partial charge is 0.497 e. The summed E-state index contributed by atoms with van der Waals surface area (Å²) in [5.41, 5.74) is 1.25. The van der Waals surface area contributed by atoms with E-state index in [2.05, 4.69) is 10.6 Å². The molecule has 0 aromatic heterocycles.